The van der Waals surface area contributed by atoms with E-state index in [0.29, 0.717) is 19.3 Å². The number of esters is 3. The zero-order chi connectivity index (χ0) is 58.5. The van der Waals surface area contributed by atoms with Gasteiger partial charge in [-0.3, -0.25) is 14.4 Å². The molecule has 0 radical (unpaired) electrons. The van der Waals surface area contributed by atoms with Crippen molar-refractivity contribution in [3.63, 3.8) is 0 Å². The van der Waals surface area contributed by atoms with Crippen LogP contribution in [-0.2, 0) is 28.6 Å². The minimum absolute atomic E-state index is 0.0807. The quantitative estimate of drug-likeness (QED) is 0.0261. The van der Waals surface area contributed by atoms with E-state index in [-0.39, 0.29) is 31.1 Å². The number of unbranched alkanes of at least 4 members (excludes halogenated alkanes) is 36. The SMILES string of the molecule is CC/C=C\C/C=C\C/C=C\C/C=C\C/C=C\C/C=C\C/C=C\CCCCCCCC(=O)OCC(COC(=O)CCCCCCCCCCC)OC(=O)CCCCCCCCCCCCCCCCC/C=C\CCCCCCCCCC. The van der Waals surface area contributed by atoms with E-state index in [0.717, 1.165) is 122 Å². The first-order valence-corrected chi connectivity index (χ1v) is 34.7. The smallest absolute Gasteiger partial charge is 0.306 e. The van der Waals surface area contributed by atoms with Crippen LogP contribution in [0.4, 0.5) is 0 Å². The van der Waals surface area contributed by atoms with E-state index in [1.54, 1.807) is 0 Å². The van der Waals surface area contributed by atoms with Crippen LogP contribution in [-0.4, -0.2) is 37.2 Å². The highest BCUT2D eigenvalue weighted by atomic mass is 16.6. The number of ether oxygens (including phenoxy) is 3. The average molecular weight is 1130 g/mol. The van der Waals surface area contributed by atoms with Gasteiger partial charge in [0.25, 0.3) is 0 Å². The van der Waals surface area contributed by atoms with Gasteiger partial charge in [0.05, 0.1) is 0 Å². The summed E-state index contributed by atoms with van der Waals surface area (Å²) in [6, 6.07) is 0. The summed E-state index contributed by atoms with van der Waals surface area (Å²) in [5, 5.41) is 0. The molecule has 1 unspecified atom stereocenters. The van der Waals surface area contributed by atoms with E-state index in [1.165, 1.54) is 180 Å². The molecule has 0 aromatic rings. The second kappa shape index (κ2) is 68.8. The molecular weight excluding hydrogens is 997 g/mol. The molecule has 0 rings (SSSR count). The first kappa shape index (κ1) is 77.3. The highest BCUT2D eigenvalue weighted by molar-refractivity contribution is 5.71. The molecule has 466 valence electrons. The van der Waals surface area contributed by atoms with Gasteiger partial charge in [0.1, 0.15) is 13.2 Å². The predicted molar refractivity (Wildman–Crippen MR) is 353 cm³/mol. The van der Waals surface area contributed by atoms with Gasteiger partial charge >= 0.3 is 17.9 Å². The van der Waals surface area contributed by atoms with Crippen molar-refractivity contribution in [1.82, 2.24) is 0 Å². The maximum absolute atomic E-state index is 12.9. The lowest BCUT2D eigenvalue weighted by Crippen LogP contribution is -2.30. The van der Waals surface area contributed by atoms with Crippen molar-refractivity contribution in [3.8, 4) is 0 Å². The fourth-order valence-corrected chi connectivity index (χ4v) is 9.89. The molecule has 0 aliphatic carbocycles. The fraction of sp³-hybridized carbons (Fsp3) is 0.747. The molecule has 6 nitrogen and oxygen atoms in total. The van der Waals surface area contributed by atoms with E-state index in [2.05, 4.69) is 118 Å². The van der Waals surface area contributed by atoms with Crippen molar-refractivity contribution >= 4 is 17.9 Å². The number of allylic oxidation sites excluding steroid dienone is 16. The van der Waals surface area contributed by atoms with Crippen LogP contribution in [0.5, 0.6) is 0 Å². The Labute approximate surface area is 502 Å². The van der Waals surface area contributed by atoms with Crippen LogP contribution in [0.15, 0.2) is 97.2 Å². The molecule has 81 heavy (non-hydrogen) atoms. The molecule has 0 heterocycles. The van der Waals surface area contributed by atoms with Crippen LogP contribution >= 0.6 is 0 Å². The molecule has 0 saturated heterocycles. The number of carbonyl (C=O) groups excluding carboxylic acids is 3. The van der Waals surface area contributed by atoms with Crippen LogP contribution in [0.25, 0.3) is 0 Å². The lowest BCUT2D eigenvalue weighted by Gasteiger charge is -2.18. The highest BCUT2D eigenvalue weighted by Gasteiger charge is 2.19. The third-order valence-corrected chi connectivity index (χ3v) is 15.1. The number of hydrogen-bond donors (Lipinski definition) is 0. The van der Waals surface area contributed by atoms with Gasteiger partial charge in [-0.2, -0.15) is 0 Å². The fourth-order valence-electron chi connectivity index (χ4n) is 9.89. The summed E-state index contributed by atoms with van der Waals surface area (Å²) < 4.78 is 16.9. The topological polar surface area (TPSA) is 78.9 Å². The summed E-state index contributed by atoms with van der Waals surface area (Å²) in [6.45, 7) is 6.53. The summed E-state index contributed by atoms with van der Waals surface area (Å²) in [7, 11) is 0. The van der Waals surface area contributed by atoms with Gasteiger partial charge in [0, 0.05) is 19.3 Å². The van der Waals surface area contributed by atoms with Crippen LogP contribution in [0, 0.1) is 0 Å². The summed E-state index contributed by atoms with van der Waals surface area (Å²) in [5.41, 5.74) is 0. The Bertz CT molecular complexity index is 1580. The first-order chi connectivity index (χ1) is 40.0. The van der Waals surface area contributed by atoms with E-state index in [1.807, 2.05) is 0 Å². The maximum Gasteiger partial charge on any atom is 0.306 e. The number of rotatable bonds is 63. The minimum atomic E-state index is -0.785. The van der Waals surface area contributed by atoms with Crippen LogP contribution in [0.1, 0.15) is 342 Å². The van der Waals surface area contributed by atoms with Gasteiger partial charge in [0.2, 0.25) is 0 Å². The van der Waals surface area contributed by atoms with Crippen LogP contribution in [0.2, 0.25) is 0 Å². The molecule has 0 aliphatic heterocycles. The summed E-state index contributed by atoms with van der Waals surface area (Å²) in [5.74, 6) is -0.890. The molecule has 0 bridgehead atoms. The van der Waals surface area contributed by atoms with Gasteiger partial charge in [0.15, 0.2) is 6.10 Å². The molecule has 6 heteroatoms. The van der Waals surface area contributed by atoms with Gasteiger partial charge in [-0.05, 0) is 103 Å². The molecule has 1 atom stereocenters. The minimum Gasteiger partial charge on any atom is -0.462 e. The molecule has 0 amide bonds. The third-order valence-electron chi connectivity index (χ3n) is 15.1. The van der Waals surface area contributed by atoms with Crippen molar-refractivity contribution in [2.75, 3.05) is 13.2 Å². The average Bonchev–Trinajstić information content (AvgIpc) is 3.47. The van der Waals surface area contributed by atoms with Crippen LogP contribution < -0.4 is 0 Å². The van der Waals surface area contributed by atoms with Crippen molar-refractivity contribution < 1.29 is 28.6 Å². The molecule has 0 aliphatic rings. The first-order valence-electron chi connectivity index (χ1n) is 34.7. The van der Waals surface area contributed by atoms with Crippen molar-refractivity contribution in [3.05, 3.63) is 97.2 Å². The number of carbonyl (C=O) groups is 3. The van der Waals surface area contributed by atoms with Gasteiger partial charge < -0.3 is 14.2 Å². The Morgan fingerprint density at radius 2 is 0.481 bits per heavy atom. The monoisotopic (exact) mass is 1130 g/mol. The maximum atomic E-state index is 12.9. The number of hydrogen-bond acceptors (Lipinski definition) is 6. The Hall–Kier alpha value is -3.67. The van der Waals surface area contributed by atoms with Crippen molar-refractivity contribution in [2.45, 2.75) is 348 Å². The van der Waals surface area contributed by atoms with E-state index in [4.69, 9.17) is 14.2 Å². The predicted octanol–water partition coefficient (Wildman–Crippen LogP) is 24.0. The van der Waals surface area contributed by atoms with Gasteiger partial charge in [-0.15, -0.1) is 0 Å². The van der Waals surface area contributed by atoms with E-state index >= 15 is 0 Å². The summed E-state index contributed by atoms with van der Waals surface area (Å²) >= 11 is 0. The lowest BCUT2D eigenvalue weighted by atomic mass is 10.0. The molecule has 0 spiro atoms. The summed E-state index contributed by atoms with van der Waals surface area (Å²) in [4.78, 5) is 38.3. The van der Waals surface area contributed by atoms with E-state index in [9.17, 15) is 14.4 Å². The Kier molecular flexibility index (Phi) is 65.7. The molecule has 0 aromatic heterocycles. The lowest BCUT2D eigenvalue weighted by molar-refractivity contribution is -0.167. The van der Waals surface area contributed by atoms with Crippen molar-refractivity contribution in [1.29, 1.82) is 0 Å². The van der Waals surface area contributed by atoms with Crippen molar-refractivity contribution in [2.24, 2.45) is 0 Å². The molecule has 0 N–H and O–H groups in total. The van der Waals surface area contributed by atoms with E-state index < -0.39 is 6.10 Å². The third kappa shape index (κ3) is 67.0. The van der Waals surface area contributed by atoms with Gasteiger partial charge in [-0.1, -0.05) is 317 Å². The molecule has 0 fully saturated rings. The Morgan fingerprint density at radius 3 is 0.765 bits per heavy atom. The van der Waals surface area contributed by atoms with Crippen LogP contribution in [0.3, 0.4) is 0 Å². The largest absolute Gasteiger partial charge is 0.462 e. The highest BCUT2D eigenvalue weighted by Crippen LogP contribution is 2.17. The Morgan fingerprint density at radius 1 is 0.259 bits per heavy atom. The molecule has 0 saturated carbocycles. The second-order valence-corrected chi connectivity index (χ2v) is 23.1. The zero-order valence-electron chi connectivity index (χ0n) is 53.5. The standard InChI is InChI=1S/C75H130O6/c1-4-7-10-13-16-19-21-23-25-27-29-31-33-35-37-39-41-43-45-47-49-51-53-56-59-62-65-68-74(77)80-71-72(70-79-73(76)67-64-61-58-55-18-15-12-9-6-3)81-75(78)69-66-63-60-57-54-52-50-48-46-44-42-40-38-36-34-32-30-28-26-24-22-20-17-14-11-8-5-2/h7,10,16,19,23,25,28-31,35,37,41,43,47,49,72H,4-6,8-9,11-15,17-18,20-22,24,26-27,32-34,36,38-40,42,44-46,48,50-71H2,1-3H3/b10-7-,19-16-,25-23-,30-28-,31-29-,37-35-,43-41-,49-47-. The Balaban J connectivity index is 4.21. The zero-order valence-corrected chi connectivity index (χ0v) is 53.5. The molecular formula is C75H130O6. The second-order valence-electron chi connectivity index (χ2n) is 23.1. The normalized spacial score (nSPS) is 12.7. The van der Waals surface area contributed by atoms with Gasteiger partial charge in [-0.25, -0.2) is 0 Å². The molecule has 0 aromatic carbocycles. The summed E-state index contributed by atoms with van der Waals surface area (Å²) in [6.07, 6.45) is 93.0.